The lowest BCUT2D eigenvalue weighted by Crippen LogP contribution is -1.86. The molecule has 0 amide bonds. The molecule has 1 atom stereocenters. The molecule has 62 valence electrons. The Bertz CT molecular complexity index is 334. The van der Waals surface area contributed by atoms with Gasteiger partial charge in [-0.15, -0.1) is 0 Å². The van der Waals surface area contributed by atoms with Crippen LogP contribution in [0.25, 0.3) is 0 Å². The van der Waals surface area contributed by atoms with Crippen molar-refractivity contribution in [2.45, 2.75) is 4.83 Å². The van der Waals surface area contributed by atoms with E-state index in [1.54, 1.807) is 6.07 Å². The molecule has 1 nitrogen and oxygen atoms in total. The molecule has 1 rings (SSSR count). The molecule has 0 spiro atoms. The SMILES string of the molecule is N#CC(Br)c1ccc(I)c(Cl)c1. The molecule has 1 aromatic carbocycles. The molecule has 0 bridgehead atoms. The zero-order valence-corrected chi connectivity index (χ0v) is 10.4. The summed E-state index contributed by atoms with van der Waals surface area (Å²) in [6.07, 6.45) is 0. The first-order valence-electron chi connectivity index (χ1n) is 3.14. The first kappa shape index (κ1) is 10.3. The molecule has 0 aliphatic carbocycles. The number of halogens is 3. The number of rotatable bonds is 1. The molecule has 4 heteroatoms. The lowest BCUT2D eigenvalue weighted by molar-refractivity contribution is 1.25. The van der Waals surface area contributed by atoms with Crippen LogP contribution in [-0.2, 0) is 0 Å². The fourth-order valence-corrected chi connectivity index (χ4v) is 1.55. The van der Waals surface area contributed by atoms with Gasteiger partial charge in [-0.1, -0.05) is 33.6 Å². The van der Waals surface area contributed by atoms with Gasteiger partial charge in [0.25, 0.3) is 0 Å². The van der Waals surface area contributed by atoms with Crippen LogP contribution in [0.3, 0.4) is 0 Å². The molecular formula is C8H4BrClIN. The van der Waals surface area contributed by atoms with Crippen LogP contribution in [0.1, 0.15) is 10.4 Å². The van der Waals surface area contributed by atoms with Crippen LogP contribution < -0.4 is 0 Å². The predicted octanol–water partition coefficient (Wildman–Crippen LogP) is 3.90. The van der Waals surface area contributed by atoms with Gasteiger partial charge in [0.15, 0.2) is 0 Å². The first-order chi connectivity index (χ1) is 5.65. The van der Waals surface area contributed by atoms with E-state index in [1.165, 1.54) is 0 Å². The van der Waals surface area contributed by atoms with Crippen LogP contribution in [0.4, 0.5) is 0 Å². The Morgan fingerprint density at radius 1 is 1.58 bits per heavy atom. The summed E-state index contributed by atoms with van der Waals surface area (Å²) in [4.78, 5) is -0.271. The zero-order valence-electron chi connectivity index (χ0n) is 5.89. The van der Waals surface area contributed by atoms with E-state index < -0.39 is 0 Å². The molecule has 1 unspecified atom stereocenters. The number of hydrogen-bond acceptors (Lipinski definition) is 1. The molecule has 0 aliphatic rings. The third-order valence-electron chi connectivity index (χ3n) is 1.35. The fraction of sp³-hybridized carbons (Fsp3) is 0.125. The lowest BCUT2D eigenvalue weighted by Gasteiger charge is -2.02. The Morgan fingerprint density at radius 2 is 2.25 bits per heavy atom. The topological polar surface area (TPSA) is 23.8 Å². The van der Waals surface area contributed by atoms with Gasteiger partial charge in [-0.2, -0.15) is 5.26 Å². The standard InChI is InChI=1S/C8H4BrClIN/c9-6(4-12)5-1-2-8(11)7(10)3-5/h1-3,6H. The van der Waals surface area contributed by atoms with E-state index in [0.717, 1.165) is 9.13 Å². The number of hydrogen-bond donors (Lipinski definition) is 0. The van der Waals surface area contributed by atoms with Gasteiger partial charge in [0.2, 0.25) is 0 Å². The summed E-state index contributed by atoms with van der Waals surface area (Å²) in [5, 5.41) is 9.29. The predicted molar refractivity (Wildman–Crippen MR) is 61.5 cm³/mol. The Morgan fingerprint density at radius 3 is 2.75 bits per heavy atom. The van der Waals surface area contributed by atoms with Crippen molar-refractivity contribution in [3.8, 4) is 6.07 Å². The van der Waals surface area contributed by atoms with Crippen LogP contribution in [0.15, 0.2) is 18.2 Å². The van der Waals surface area contributed by atoms with E-state index >= 15 is 0 Å². The molecule has 0 N–H and O–H groups in total. The minimum atomic E-state index is -0.271. The fourth-order valence-electron chi connectivity index (χ4n) is 0.745. The highest BCUT2D eigenvalue weighted by molar-refractivity contribution is 14.1. The van der Waals surface area contributed by atoms with Gasteiger partial charge in [-0.3, -0.25) is 0 Å². The van der Waals surface area contributed by atoms with E-state index in [4.69, 9.17) is 16.9 Å². The average molecular weight is 356 g/mol. The van der Waals surface area contributed by atoms with Gasteiger partial charge in [0, 0.05) is 3.57 Å². The monoisotopic (exact) mass is 355 g/mol. The van der Waals surface area contributed by atoms with E-state index in [1.807, 2.05) is 12.1 Å². The maximum absolute atomic E-state index is 8.61. The number of benzene rings is 1. The number of nitrogens with zero attached hydrogens (tertiary/aromatic N) is 1. The molecule has 0 aliphatic heterocycles. The molecule has 0 radical (unpaired) electrons. The zero-order chi connectivity index (χ0) is 9.14. The van der Waals surface area contributed by atoms with E-state index in [-0.39, 0.29) is 4.83 Å². The summed E-state index contributed by atoms with van der Waals surface area (Å²) in [7, 11) is 0. The summed E-state index contributed by atoms with van der Waals surface area (Å²) in [5.74, 6) is 0. The molecule has 0 heterocycles. The first-order valence-corrected chi connectivity index (χ1v) is 5.51. The second-order valence-corrected chi connectivity index (χ2v) is 4.65. The molecular weight excluding hydrogens is 352 g/mol. The molecule has 0 aromatic heterocycles. The van der Waals surface area contributed by atoms with Gasteiger partial charge in [0.1, 0.15) is 4.83 Å². The molecule has 0 fully saturated rings. The van der Waals surface area contributed by atoms with E-state index in [9.17, 15) is 0 Å². The third kappa shape index (κ3) is 2.35. The van der Waals surface area contributed by atoms with Crippen molar-refractivity contribution >= 4 is 50.1 Å². The van der Waals surface area contributed by atoms with Crippen LogP contribution in [0.2, 0.25) is 5.02 Å². The van der Waals surface area contributed by atoms with Crippen LogP contribution in [0, 0.1) is 14.9 Å². The largest absolute Gasteiger partial charge is 0.197 e. The van der Waals surface area contributed by atoms with Gasteiger partial charge in [-0.25, -0.2) is 0 Å². The highest BCUT2D eigenvalue weighted by atomic mass is 127. The molecule has 0 saturated heterocycles. The smallest absolute Gasteiger partial charge is 0.126 e. The molecule has 1 aromatic rings. The lowest BCUT2D eigenvalue weighted by atomic mass is 10.2. The summed E-state index contributed by atoms with van der Waals surface area (Å²) < 4.78 is 0.996. The van der Waals surface area contributed by atoms with Crippen molar-refractivity contribution in [1.29, 1.82) is 5.26 Å². The van der Waals surface area contributed by atoms with Crippen molar-refractivity contribution in [3.63, 3.8) is 0 Å². The maximum Gasteiger partial charge on any atom is 0.126 e. The summed E-state index contributed by atoms with van der Waals surface area (Å²) in [5.41, 5.74) is 0.892. The van der Waals surface area contributed by atoms with Gasteiger partial charge < -0.3 is 0 Å². The van der Waals surface area contributed by atoms with Crippen molar-refractivity contribution < 1.29 is 0 Å². The second-order valence-electron chi connectivity index (χ2n) is 2.17. The number of nitriles is 1. The summed E-state index contributed by atoms with van der Waals surface area (Å²) >= 11 is 11.2. The Kier molecular flexibility index (Phi) is 3.81. The van der Waals surface area contributed by atoms with Crippen molar-refractivity contribution in [1.82, 2.24) is 0 Å². The Balaban J connectivity index is 3.06. The van der Waals surface area contributed by atoms with Crippen molar-refractivity contribution in [2.24, 2.45) is 0 Å². The van der Waals surface area contributed by atoms with Gasteiger partial charge in [0.05, 0.1) is 11.1 Å². The van der Waals surface area contributed by atoms with Crippen LogP contribution in [0.5, 0.6) is 0 Å². The highest BCUT2D eigenvalue weighted by Crippen LogP contribution is 2.27. The molecule has 12 heavy (non-hydrogen) atoms. The van der Waals surface area contributed by atoms with Gasteiger partial charge in [-0.05, 0) is 40.3 Å². The maximum atomic E-state index is 8.61. The van der Waals surface area contributed by atoms with Crippen LogP contribution in [-0.4, -0.2) is 0 Å². The summed E-state index contributed by atoms with van der Waals surface area (Å²) in [6, 6.07) is 7.66. The quantitative estimate of drug-likeness (QED) is 0.553. The molecule has 0 saturated carbocycles. The van der Waals surface area contributed by atoms with E-state index in [0.29, 0.717) is 5.02 Å². The van der Waals surface area contributed by atoms with Crippen molar-refractivity contribution in [2.75, 3.05) is 0 Å². The average Bonchev–Trinajstić information content (AvgIpc) is 2.08. The minimum absolute atomic E-state index is 0.271. The van der Waals surface area contributed by atoms with Gasteiger partial charge >= 0.3 is 0 Å². The van der Waals surface area contributed by atoms with Crippen molar-refractivity contribution in [3.05, 3.63) is 32.4 Å². The Labute approximate surface area is 98.0 Å². The summed E-state index contributed by atoms with van der Waals surface area (Å²) in [6.45, 7) is 0. The van der Waals surface area contributed by atoms with Crippen LogP contribution >= 0.6 is 50.1 Å². The normalized spacial score (nSPS) is 12.2. The highest BCUT2D eigenvalue weighted by Gasteiger charge is 2.06. The van der Waals surface area contributed by atoms with E-state index in [2.05, 4.69) is 44.6 Å². The second kappa shape index (κ2) is 4.45. The number of alkyl halides is 1. The minimum Gasteiger partial charge on any atom is -0.197 e. The Hall–Kier alpha value is 0.210. The third-order valence-corrected chi connectivity index (χ3v) is 3.66.